The number of benzene rings is 1. The number of carbonyl (C=O) groups is 1. The molecule has 1 heterocycles. The van der Waals surface area contributed by atoms with Crippen LogP contribution < -0.4 is 11.1 Å². The third kappa shape index (κ3) is 3.33. The minimum absolute atomic E-state index is 0.155. The molecule has 0 bridgehead atoms. The van der Waals surface area contributed by atoms with Gasteiger partial charge in [0.1, 0.15) is 0 Å². The van der Waals surface area contributed by atoms with Crippen molar-refractivity contribution in [1.29, 1.82) is 0 Å². The molecule has 0 aliphatic carbocycles. The van der Waals surface area contributed by atoms with Gasteiger partial charge in [0.05, 0.1) is 5.56 Å². The maximum Gasteiger partial charge on any atom is 0.252 e. The van der Waals surface area contributed by atoms with E-state index < -0.39 is 0 Å². The second-order valence-electron chi connectivity index (χ2n) is 4.74. The van der Waals surface area contributed by atoms with Gasteiger partial charge in [0.2, 0.25) is 0 Å². The number of rotatable bonds is 3. The Morgan fingerprint density at radius 2 is 1.81 bits per heavy atom. The van der Waals surface area contributed by atoms with Gasteiger partial charge in [-0.15, -0.1) is 0 Å². The van der Waals surface area contributed by atoms with Crippen LogP contribution in [0.2, 0.25) is 0 Å². The number of hydrogen-bond acceptors (Lipinski definition) is 5. The van der Waals surface area contributed by atoms with E-state index in [2.05, 4.69) is 15.3 Å². The Balaban J connectivity index is 2.43. The number of nitrogens with two attached hydrogens (primary N) is 1. The average Bonchev–Trinajstić information content (AvgIpc) is 2.44. The Labute approximate surface area is 128 Å². The SMILES string of the molecule is CNC(=O)c1ccc(N)cc1Sc1nc(C)c(C)c(C)n1. The van der Waals surface area contributed by atoms with Crippen molar-refractivity contribution in [3.05, 3.63) is 40.7 Å². The fourth-order valence-electron chi connectivity index (χ4n) is 1.83. The van der Waals surface area contributed by atoms with Gasteiger partial charge >= 0.3 is 0 Å². The molecule has 0 saturated heterocycles. The van der Waals surface area contributed by atoms with Crippen LogP contribution in [0.5, 0.6) is 0 Å². The summed E-state index contributed by atoms with van der Waals surface area (Å²) in [6, 6.07) is 5.19. The lowest BCUT2D eigenvalue weighted by Gasteiger charge is -2.10. The van der Waals surface area contributed by atoms with Crippen molar-refractivity contribution in [2.24, 2.45) is 0 Å². The molecular formula is C15H18N4OS. The summed E-state index contributed by atoms with van der Waals surface area (Å²) in [5.41, 5.74) is 9.95. The zero-order valence-corrected chi connectivity index (χ0v) is 13.3. The Kier molecular flexibility index (Phi) is 4.47. The maximum absolute atomic E-state index is 11.9. The Hall–Kier alpha value is -2.08. The summed E-state index contributed by atoms with van der Waals surface area (Å²) in [4.78, 5) is 21.6. The normalized spacial score (nSPS) is 10.5. The summed E-state index contributed by atoms with van der Waals surface area (Å²) in [6.07, 6.45) is 0. The van der Waals surface area contributed by atoms with E-state index in [-0.39, 0.29) is 5.91 Å². The molecule has 2 aromatic rings. The third-order valence-electron chi connectivity index (χ3n) is 3.29. The molecule has 21 heavy (non-hydrogen) atoms. The van der Waals surface area contributed by atoms with E-state index in [4.69, 9.17) is 5.73 Å². The molecule has 0 fully saturated rings. The first-order chi connectivity index (χ1) is 9.92. The van der Waals surface area contributed by atoms with Crippen LogP contribution in [0.15, 0.2) is 28.3 Å². The highest BCUT2D eigenvalue weighted by Crippen LogP contribution is 2.30. The Morgan fingerprint density at radius 1 is 1.19 bits per heavy atom. The van der Waals surface area contributed by atoms with Gasteiger partial charge in [0, 0.05) is 29.0 Å². The molecule has 0 unspecified atom stereocenters. The van der Waals surface area contributed by atoms with Crippen molar-refractivity contribution in [2.75, 3.05) is 12.8 Å². The van der Waals surface area contributed by atoms with Crippen molar-refractivity contribution < 1.29 is 4.79 Å². The highest BCUT2D eigenvalue weighted by Gasteiger charge is 2.14. The summed E-state index contributed by atoms with van der Waals surface area (Å²) < 4.78 is 0. The molecule has 1 aromatic carbocycles. The summed E-state index contributed by atoms with van der Waals surface area (Å²) in [5.74, 6) is -0.155. The molecular weight excluding hydrogens is 284 g/mol. The molecule has 0 saturated carbocycles. The molecule has 110 valence electrons. The predicted molar refractivity (Wildman–Crippen MR) is 84.6 cm³/mol. The van der Waals surface area contributed by atoms with Gasteiger partial charge in [0.15, 0.2) is 5.16 Å². The van der Waals surface area contributed by atoms with Crippen LogP contribution in [0.4, 0.5) is 5.69 Å². The topological polar surface area (TPSA) is 80.9 Å². The Bertz CT molecular complexity index is 677. The van der Waals surface area contributed by atoms with Crippen molar-refractivity contribution in [1.82, 2.24) is 15.3 Å². The summed E-state index contributed by atoms with van der Waals surface area (Å²) in [7, 11) is 1.60. The van der Waals surface area contributed by atoms with Crippen molar-refractivity contribution in [2.45, 2.75) is 30.8 Å². The second kappa shape index (κ2) is 6.13. The highest BCUT2D eigenvalue weighted by molar-refractivity contribution is 7.99. The number of nitrogens with zero attached hydrogens (tertiary/aromatic N) is 2. The van der Waals surface area contributed by atoms with E-state index in [0.29, 0.717) is 16.4 Å². The number of hydrogen-bond donors (Lipinski definition) is 2. The van der Waals surface area contributed by atoms with Gasteiger partial charge in [0.25, 0.3) is 5.91 Å². The lowest BCUT2D eigenvalue weighted by Crippen LogP contribution is -2.18. The van der Waals surface area contributed by atoms with Crippen molar-refractivity contribution >= 4 is 23.4 Å². The Morgan fingerprint density at radius 3 is 2.38 bits per heavy atom. The predicted octanol–water partition coefficient (Wildman–Crippen LogP) is 2.49. The third-order valence-corrected chi connectivity index (χ3v) is 4.21. The van der Waals surface area contributed by atoms with Crippen LogP contribution >= 0.6 is 11.8 Å². The van der Waals surface area contributed by atoms with Gasteiger partial charge in [-0.1, -0.05) is 0 Å². The molecule has 5 nitrogen and oxygen atoms in total. The first kappa shape index (κ1) is 15.3. The largest absolute Gasteiger partial charge is 0.399 e. The van der Waals surface area contributed by atoms with E-state index in [0.717, 1.165) is 21.8 Å². The number of aromatic nitrogens is 2. The first-order valence-corrected chi connectivity index (χ1v) is 7.35. The highest BCUT2D eigenvalue weighted by atomic mass is 32.2. The van der Waals surface area contributed by atoms with Crippen LogP contribution in [-0.2, 0) is 0 Å². The number of aryl methyl sites for hydroxylation is 2. The van der Waals surface area contributed by atoms with Crippen LogP contribution in [0, 0.1) is 20.8 Å². The molecule has 0 aliphatic rings. The van der Waals surface area contributed by atoms with Crippen LogP contribution in [-0.4, -0.2) is 22.9 Å². The zero-order chi connectivity index (χ0) is 15.6. The van der Waals surface area contributed by atoms with Gasteiger partial charge in [-0.3, -0.25) is 4.79 Å². The lowest BCUT2D eigenvalue weighted by atomic mass is 10.2. The van der Waals surface area contributed by atoms with E-state index in [9.17, 15) is 4.79 Å². The molecule has 0 radical (unpaired) electrons. The van der Waals surface area contributed by atoms with Crippen LogP contribution in [0.1, 0.15) is 27.3 Å². The van der Waals surface area contributed by atoms with Gasteiger partial charge in [-0.2, -0.15) is 0 Å². The monoisotopic (exact) mass is 302 g/mol. The fourth-order valence-corrected chi connectivity index (χ4v) is 2.86. The van der Waals surface area contributed by atoms with Gasteiger partial charge in [-0.05, 0) is 56.3 Å². The molecule has 6 heteroatoms. The van der Waals surface area contributed by atoms with Gasteiger partial charge in [-0.25, -0.2) is 9.97 Å². The van der Waals surface area contributed by atoms with E-state index in [1.165, 1.54) is 11.8 Å². The average molecular weight is 302 g/mol. The first-order valence-electron chi connectivity index (χ1n) is 6.53. The van der Waals surface area contributed by atoms with E-state index in [1.807, 2.05) is 20.8 Å². The minimum Gasteiger partial charge on any atom is -0.399 e. The molecule has 1 aromatic heterocycles. The molecule has 3 N–H and O–H groups in total. The summed E-state index contributed by atoms with van der Waals surface area (Å²) in [5, 5.41) is 3.24. The molecule has 0 atom stereocenters. The van der Waals surface area contributed by atoms with Crippen molar-refractivity contribution in [3.8, 4) is 0 Å². The second-order valence-corrected chi connectivity index (χ2v) is 5.75. The smallest absolute Gasteiger partial charge is 0.252 e. The van der Waals surface area contributed by atoms with Crippen molar-refractivity contribution in [3.63, 3.8) is 0 Å². The lowest BCUT2D eigenvalue weighted by molar-refractivity contribution is 0.0960. The quantitative estimate of drug-likeness (QED) is 0.672. The number of nitrogen functional groups attached to an aromatic ring is 1. The standard InChI is InChI=1S/C15H18N4OS/c1-8-9(2)18-15(19-10(8)3)21-13-7-11(16)5-6-12(13)14(20)17-4/h5-7H,16H2,1-4H3,(H,17,20). The van der Waals surface area contributed by atoms with E-state index >= 15 is 0 Å². The number of nitrogens with one attached hydrogen (secondary N) is 1. The van der Waals surface area contributed by atoms with Gasteiger partial charge < -0.3 is 11.1 Å². The fraction of sp³-hybridized carbons (Fsp3) is 0.267. The van der Waals surface area contributed by atoms with Crippen LogP contribution in [0.25, 0.3) is 0 Å². The molecule has 2 rings (SSSR count). The molecule has 1 amide bonds. The minimum atomic E-state index is -0.155. The number of anilines is 1. The number of amides is 1. The molecule has 0 aliphatic heterocycles. The maximum atomic E-state index is 11.9. The molecule has 0 spiro atoms. The number of carbonyl (C=O) groups excluding carboxylic acids is 1. The van der Waals surface area contributed by atoms with E-state index in [1.54, 1.807) is 25.2 Å². The summed E-state index contributed by atoms with van der Waals surface area (Å²) in [6.45, 7) is 5.90. The van der Waals surface area contributed by atoms with Crippen LogP contribution in [0.3, 0.4) is 0 Å². The zero-order valence-electron chi connectivity index (χ0n) is 12.5. The summed E-state index contributed by atoms with van der Waals surface area (Å²) >= 11 is 1.35.